The van der Waals surface area contributed by atoms with Crippen molar-refractivity contribution in [1.29, 1.82) is 0 Å². The molecule has 0 radical (unpaired) electrons. The van der Waals surface area contributed by atoms with Crippen molar-refractivity contribution in [2.75, 3.05) is 25.2 Å². The van der Waals surface area contributed by atoms with Gasteiger partial charge >= 0.3 is 0 Å². The van der Waals surface area contributed by atoms with Crippen LogP contribution in [0.4, 0.5) is 5.69 Å². The lowest BCUT2D eigenvalue weighted by Gasteiger charge is -2.10. The summed E-state index contributed by atoms with van der Waals surface area (Å²) in [5, 5.41) is 19.6. The topological polar surface area (TPSA) is 52.5 Å². The third-order valence-electron chi connectivity index (χ3n) is 3.14. The van der Waals surface area contributed by atoms with E-state index < -0.39 is 0 Å². The van der Waals surface area contributed by atoms with E-state index in [4.69, 9.17) is 5.11 Å². The Morgan fingerprint density at radius 1 is 1.04 bits per heavy atom. The van der Waals surface area contributed by atoms with E-state index in [0.717, 1.165) is 28.7 Å². The predicted octanol–water partition coefficient (Wildman–Crippen LogP) is 6.28. The number of nitrogens with one attached hydrogen (secondary N) is 1. The Morgan fingerprint density at radius 2 is 1.48 bits per heavy atom. The van der Waals surface area contributed by atoms with Crippen molar-refractivity contribution in [1.82, 2.24) is 0 Å². The summed E-state index contributed by atoms with van der Waals surface area (Å²) >= 11 is 4.94. The van der Waals surface area contributed by atoms with Gasteiger partial charge in [-0.05, 0) is 35.2 Å². The maximum Gasteiger partial charge on any atom is 0.131 e. The molecule has 1 aromatic rings. The molecule has 0 bridgehead atoms. The summed E-state index contributed by atoms with van der Waals surface area (Å²) in [6.07, 6.45) is 11.0. The normalized spacial score (nSPS) is 12.5. The van der Waals surface area contributed by atoms with Crippen LogP contribution >= 0.6 is 27.7 Å². The first-order chi connectivity index (χ1) is 11.2. The lowest BCUT2D eigenvalue weighted by molar-refractivity contribution is 0.399. The molecule has 1 fully saturated rings. The predicted molar refractivity (Wildman–Crippen MR) is 109 cm³/mol. The number of aromatic hydroxyl groups is 1. The highest BCUT2D eigenvalue weighted by atomic mass is 79.9. The molecule has 23 heavy (non-hydrogen) atoms. The molecule has 3 nitrogen and oxygen atoms in total. The van der Waals surface area contributed by atoms with Gasteiger partial charge in [-0.15, -0.1) is 11.8 Å². The van der Waals surface area contributed by atoms with Gasteiger partial charge in [0.15, 0.2) is 0 Å². The van der Waals surface area contributed by atoms with Crippen LogP contribution < -0.4 is 5.32 Å². The number of hydrogen-bond acceptors (Lipinski definition) is 4. The molecule has 0 spiro atoms. The molecule has 136 valence electrons. The van der Waals surface area contributed by atoms with Crippen LogP contribution in [0.1, 0.15) is 59.3 Å². The van der Waals surface area contributed by atoms with E-state index in [2.05, 4.69) is 21.2 Å². The fraction of sp³-hybridized carbons (Fsp3) is 0.667. The molecule has 1 saturated carbocycles. The molecule has 0 aliphatic heterocycles. The molecule has 3 N–H and O–H groups in total. The van der Waals surface area contributed by atoms with Crippen LogP contribution in [0.5, 0.6) is 5.75 Å². The summed E-state index contributed by atoms with van der Waals surface area (Å²) in [7, 11) is 1.00. The van der Waals surface area contributed by atoms with Gasteiger partial charge < -0.3 is 15.5 Å². The number of hydrogen-bond donors (Lipinski definition) is 3. The highest BCUT2D eigenvalue weighted by molar-refractivity contribution is 9.10. The Kier molecular flexibility index (Phi) is 19.4. The Hall–Kier alpha value is -0.390. The number of thioether (sulfide) groups is 1. The lowest BCUT2D eigenvalue weighted by atomic mass is 10.0. The van der Waals surface area contributed by atoms with Gasteiger partial charge in [0.05, 0.1) is 10.2 Å². The second kappa shape index (κ2) is 18.0. The SMILES string of the molecule is C1CCCCC1.CC.CCNc1cc(O)c(Br)cc1SC.CO. The average Bonchev–Trinajstić information content (AvgIpc) is 2.63. The zero-order valence-corrected chi connectivity index (χ0v) is 17.7. The molecule has 1 aromatic carbocycles. The molecule has 0 atom stereocenters. The minimum atomic E-state index is 0.272. The summed E-state index contributed by atoms with van der Waals surface area (Å²) in [4.78, 5) is 1.13. The van der Waals surface area contributed by atoms with E-state index in [1.807, 2.05) is 33.1 Å². The van der Waals surface area contributed by atoms with Crippen LogP contribution in [-0.2, 0) is 0 Å². The molecule has 2 rings (SSSR count). The largest absolute Gasteiger partial charge is 0.507 e. The van der Waals surface area contributed by atoms with Crippen LogP contribution in [-0.4, -0.2) is 30.1 Å². The molecule has 0 unspecified atom stereocenters. The summed E-state index contributed by atoms with van der Waals surface area (Å²) in [5.41, 5.74) is 0.982. The standard InChI is InChI=1S/C9H12BrNOS.C6H12.C2H6.CH4O/c1-3-11-7-5-8(12)6(10)4-9(7)13-2;1-2-4-6-5-3-1;2*1-2/h4-5,11-12H,3H2,1-2H3;1-6H2;1-2H3;2H,1H3. The van der Waals surface area contributed by atoms with Crippen LogP contribution in [0, 0.1) is 0 Å². The Morgan fingerprint density at radius 3 is 1.83 bits per heavy atom. The number of aliphatic hydroxyl groups is 1. The van der Waals surface area contributed by atoms with Crippen molar-refractivity contribution < 1.29 is 10.2 Å². The van der Waals surface area contributed by atoms with E-state index in [9.17, 15) is 5.11 Å². The number of rotatable bonds is 3. The molecule has 0 amide bonds. The van der Waals surface area contributed by atoms with Gasteiger partial charge in [-0.1, -0.05) is 52.4 Å². The molecule has 1 aliphatic rings. The van der Waals surface area contributed by atoms with E-state index in [1.54, 1.807) is 17.8 Å². The van der Waals surface area contributed by atoms with Crippen LogP contribution in [0.3, 0.4) is 0 Å². The fourth-order valence-corrected chi connectivity index (χ4v) is 3.18. The Bertz CT molecular complexity index is 374. The third-order valence-corrected chi connectivity index (χ3v) is 4.55. The van der Waals surface area contributed by atoms with Gasteiger partial charge in [-0.3, -0.25) is 0 Å². The monoisotopic (exact) mass is 407 g/mol. The molecule has 0 heterocycles. The van der Waals surface area contributed by atoms with Crippen molar-refractivity contribution >= 4 is 33.4 Å². The number of benzene rings is 1. The number of phenols is 1. The molecule has 0 saturated heterocycles. The first-order valence-corrected chi connectivity index (χ1v) is 10.5. The minimum Gasteiger partial charge on any atom is -0.507 e. The zero-order valence-electron chi connectivity index (χ0n) is 15.3. The Balaban J connectivity index is 0. The number of halogens is 1. The van der Waals surface area contributed by atoms with Crippen LogP contribution in [0.15, 0.2) is 21.5 Å². The van der Waals surface area contributed by atoms with E-state index in [-0.39, 0.29) is 5.75 Å². The van der Waals surface area contributed by atoms with E-state index in [1.165, 1.54) is 38.5 Å². The van der Waals surface area contributed by atoms with Crippen molar-refractivity contribution in [2.45, 2.75) is 64.2 Å². The first kappa shape index (κ1) is 24.9. The molecular formula is C18H34BrNO2S. The van der Waals surface area contributed by atoms with Gasteiger partial charge in [0, 0.05) is 24.6 Å². The molecule has 1 aliphatic carbocycles. The Labute approximate surface area is 155 Å². The molecular weight excluding hydrogens is 374 g/mol. The van der Waals surface area contributed by atoms with Gasteiger partial charge in [-0.25, -0.2) is 0 Å². The van der Waals surface area contributed by atoms with Gasteiger partial charge in [0.2, 0.25) is 0 Å². The maximum atomic E-state index is 9.45. The van der Waals surface area contributed by atoms with Crippen molar-refractivity contribution in [3.05, 3.63) is 16.6 Å². The third kappa shape index (κ3) is 11.7. The second-order valence-corrected chi connectivity index (χ2v) is 6.36. The fourth-order valence-electron chi connectivity index (χ4n) is 2.10. The van der Waals surface area contributed by atoms with Crippen molar-refractivity contribution in [2.24, 2.45) is 0 Å². The lowest BCUT2D eigenvalue weighted by Crippen LogP contribution is -1.97. The smallest absolute Gasteiger partial charge is 0.131 e. The summed E-state index contributed by atoms with van der Waals surface area (Å²) in [6, 6.07) is 3.65. The van der Waals surface area contributed by atoms with Gasteiger partial charge in [0.25, 0.3) is 0 Å². The van der Waals surface area contributed by atoms with E-state index >= 15 is 0 Å². The summed E-state index contributed by atoms with van der Waals surface area (Å²) in [5.74, 6) is 0.272. The van der Waals surface area contributed by atoms with Crippen molar-refractivity contribution in [3.63, 3.8) is 0 Å². The number of phenolic OH excluding ortho intramolecular Hbond substituents is 1. The average molecular weight is 408 g/mol. The van der Waals surface area contributed by atoms with Gasteiger partial charge in [0.1, 0.15) is 5.75 Å². The van der Waals surface area contributed by atoms with Gasteiger partial charge in [-0.2, -0.15) is 0 Å². The number of anilines is 1. The number of aliphatic hydroxyl groups excluding tert-OH is 1. The minimum absolute atomic E-state index is 0.272. The first-order valence-electron chi connectivity index (χ1n) is 8.44. The summed E-state index contributed by atoms with van der Waals surface area (Å²) in [6.45, 7) is 6.89. The summed E-state index contributed by atoms with van der Waals surface area (Å²) < 4.78 is 0.735. The second-order valence-electron chi connectivity index (χ2n) is 4.66. The molecule has 0 aromatic heterocycles. The quantitative estimate of drug-likeness (QED) is 0.515. The highest BCUT2D eigenvalue weighted by Gasteiger charge is 2.05. The van der Waals surface area contributed by atoms with Crippen LogP contribution in [0.2, 0.25) is 0 Å². The molecule has 5 heteroatoms. The van der Waals surface area contributed by atoms with E-state index in [0.29, 0.717) is 0 Å². The maximum absolute atomic E-state index is 9.45. The zero-order chi connectivity index (χ0) is 18.1. The highest BCUT2D eigenvalue weighted by Crippen LogP contribution is 2.35. The van der Waals surface area contributed by atoms with Crippen molar-refractivity contribution in [3.8, 4) is 5.75 Å². The van der Waals surface area contributed by atoms with Crippen LogP contribution in [0.25, 0.3) is 0 Å².